The summed E-state index contributed by atoms with van der Waals surface area (Å²) in [5.74, 6) is -1.95. The van der Waals surface area contributed by atoms with E-state index in [1.165, 1.54) is 23.0 Å². The van der Waals surface area contributed by atoms with Gasteiger partial charge < -0.3 is 16.4 Å². The number of benzene rings is 1. The van der Waals surface area contributed by atoms with E-state index in [4.69, 9.17) is 5.73 Å². The van der Waals surface area contributed by atoms with Crippen LogP contribution in [0.15, 0.2) is 30.5 Å². The Kier molecular flexibility index (Phi) is 6.92. The van der Waals surface area contributed by atoms with Crippen molar-refractivity contribution in [1.82, 2.24) is 15.1 Å². The third kappa shape index (κ3) is 5.75. The molecule has 1 amide bonds. The number of anilines is 2. The number of carbonyl (C=O) groups is 1. The van der Waals surface area contributed by atoms with E-state index >= 15 is 0 Å². The van der Waals surface area contributed by atoms with Crippen molar-refractivity contribution in [3.63, 3.8) is 0 Å². The summed E-state index contributed by atoms with van der Waals surface area (Å²) in [6, 6.07) is 3.65. The highest BCUT2D eigenvalue weighted by molar-refractivity contribution is 5.98. The number of alkyl halides is 6. The fourth-order valence-corrected chi connectivity index (χ4v) is 4.66. The summed E-state index contributed by atoms with van der Waals surface area (Å²) < 4.78 is 80.1. The van der Waals surface area contributed by atoms with E-state index in [1.807, 2.05) is 0 Å². The van der Waals surface area contributed by atoms with Crippen molar-refractivity contribution in [2.24, 2.45) is 17.6 Å². The Bertz CT molecular complexity index is 1130. The van der Waals surface area contributed by atoms with Crippen LogP contribution in [0.5, 0.6) is 0 Å². The predicted octanol–water partition coefficient (Wildman–Crippen LogP) is 4.91. The van der Waals surface area contributed by atoms with E-state index in [0.29, 0.717) is 25.7 Å². The normalized spacial score (nSPS) is 23.6. The Morgan fingerprint density at radius 3 is 2.31 bits per heavy atom. The minimum atomic E-state index is -4.50. The van der Waals surface area contributed by atoms with Crippen molar-refractivity contribution in [2.45, 2.75) is 62.6 Å². The van der Waals surface area contributed by atoms with Crippen LogP contribution in [-0.2, 0) is 6.18 Å². The molecule has 2 saturated carbocycles. The van der Waals surface area contributed by atoms with Gasteiger partial charge >= 0.3 is 12.4 Å². The maximum atomic E-state index is 13.4. The number of primary amides is 1. The van der Waals surface area contributed by atoms with E-state index in [-0.39, 0.29) is 23.5 Å². The zero-order valence-electron chi connectivity index (χ0n) is 18.9. The maximum absolute atomic E-state index is 13.4. The van der Waals surface area contributed by atoms with Crippen molar-refractivity contribution < 1.29 is 31.1 Å². The van der Waals surface area contributed by atoms with Crippen molar-refractivity contribution in [3.05, 3.63) is 41.6 Å². The Morgan fingerprint density at radius 1 is 1.11 bits per heavy atom. The number of rotatable bonds is 7. The lowest BCUT2D eigenvalue weighted by Gasteiger charge is -2.35. The average molecular weight is 514 g/mol. The molecule has 4 rings (SSSR count). The highest BCUT2D eigenvalue weighted by Crippen LogP contribution is 2.42. The zero-order valence-corrected chi connectivity index (χ0v) is 18.9. The van der Waals surface area contributed by atoms with Gasteiger partial charge in [0, 0.05) is 17.9 Å². The minimum Gasteiger partial charge on any atom is -0.365 e. The van der Waals surface area contributed by atoms with Crippen LogP contribution >= 0.6 is 0 Å². The first-order valence-electron chi connectivity index (χ1n) is 11.4. The number of aromatic nitrogens is 2. The number of carbonyl (C=O) groups excluding carboxylic acids is 1. The van der Waals surface area contributed by atoms with Crippen LogP contribution in [0.2, 0.25) is 0 Å². The van der Waals surface area contributed by atoms with Crippen molar-refractivity contribution in [2.75, 3.05) is 5.32 Å². The van der Waals surface area contributed by atoms with Crippen LogP contribution in [0.25, 0.3) is 0 Å². The van der Waals surface area contributed by atoms with Gasteiger partial charge in [-0.3, -0.25) is 9.48 Å². The zero-order chi connectivity index (χ0) is 26.3. The van der Waals surface area contributed by atoms with Crippen molar-refractivity contribution >= 4 is 17.4 Å². The van der Waals surface area contributed by atoms with Gasteiger partial charge in [0.25, 0.3) is 5.91 Å². The van der Waals surface area contributed by atoms with E-state index in [2.05, 4.69) is 21.8 Å². The Morgan fingerprint density at radius 2 is 1.78 bits per heavy atom. The molecule has 36 heavy (non-hydrogen) atoms. The van der Waals surface area contributed by atoms with E-state index in [9.17, 15) is 36.4 Å². The summed E-state index contributed by atoms with van der Waals surface area (Å²) in [6.45, 7) is 0. The molecule has 0 unspecified atom stereocenters. The van der Waals surface area contributed by atoms with Crippen LogP contribution in [0.4, 0.5) is 37.8 Å². The molecule has 0 saturated heterocycles. The van der Waals surface area contributed by atoms with Crippen LogP contribution < -0.4 is 16.4 Å². The van der Waals surface area contributed by atoms with Crippen LogP contribution in [0.1, 0.15) is 54.1 Å². The van der Waals surface area contributed by atoms with Gasteiger partial charge in [-0.15, -0.1) is 0 Å². The minimum absolute atomic E-state index is 0.00469. The highest BCUT2D eigenvalue weighted by atomic mass is 19.4. The number of hydrogen-bond acceptors (Lipinski definition) is 5. The predicted molar refractivity (Wildman–Crippen MR) is 117 cm³/mol. The van der Waals surface area contributed by atoms with Gasteiger partial charge in [0.1, 0.15) is 11.6 Å². The number of hydrogen-bond donors (Lipinski definition) is 3. The molecule has 0 aliphatic heterocycles. The number of nitriles is 1. The Labute approximate surface area is 202 Å². The van der Waals surface area contributed by atoms with E-state index in [1.54, 1.807) is 0 Å². The average Bonchev–Trinajstić information content (AvgIpc) is 3.55. The maximum Gasteiger partial charge on any atom is 0.416 e. The molecule has 194 valence electrons. The van der Waals surface area contributed by atoms with Gasteiger partial charge in [0.05, 0.1) is 23.6 Å². The molecule has 4 N–H and O–H groups in total. The van der Waals surface area contributed by atoms with Crippen LogP contribution in [0.3, 0.4) is 0 Å². The summed E-state index contributed by atoms with van der Waals surface area (Å²) in [5, 5.41) is 19.5. The summed E-state index contributed by atoms with van der Waals surface area (Å²) in [6.07, 6.45) is -5.60. The topological polar surface area (TPSA) is 109 Å². The molecule has 4 atom stereocenters. The molecule has 2 aliphatic rings. The third-order valence-electron chi connectivity index (χ3n) is 6.65. The fourth-order valence-electron chi connectivity index (χ4n) is 4.66. The smallest absolute Gasteiger partial charge is 0.365 e. The van der Waals surface area contributed by atoms with Crippen molar-refractivity contribution in [1.29, 1.82) is 5.26 Å². The monoisotopic (exact) mass is 514 g/mol. The molecule has 2 aliphatic carbocycles. The first kappa shape index (κ1) is 25.8. The second kappa shape index (κ2) is 9.65. The summed E-state index contributed by atoms with van der Waals surface area (Å²) >= 11 is 0. The van der Waals surface area contributed by atoms with Crippen LogP contribution in [0, 0.1) is 23.2 Å². The molecule has 1 aromatic heterocycles. The summed E-state index contributed by atoms with van der Waals surface area (Å²) in [7, 11) is 0. The fraction of sp³-hybridized carbons (Fsp3) is 0.522. The van der Waals surface area contributed by atoms with Crippen LogP contribution in [-0.4, -0.2) is 33.9 Å². The highest BCUT2D eigenvalue weighted by Gasteiger charge is 2.50. The van der Waals surface area contributed by atoms with Gasteiger partial charge in [-0.2, -0.15) is 36.7 Å². The molecule has 7 nitrogen and oxygen atoms in total. The number of nitrogens with zero attached hydrogens (tertiary/aromatic N) is 3. The quantitative estimate of drug-likeness (QED) is 0.455. The standard InChI is InChI=1S/C23H24F6N6O/c24-22(25,26)14-3-5-15(6-4-14)33-21-17(20(31)36)11-35(34-21)18-8-7-16(9-13(18)10-30)32-19(12-1-2-12)23(27,28)29/h3-6,11-13,16,18-19,32H,1-2,7-9H2,(H2,31,36)(H,33,34)/t13-,16-,18+,19+/m1/s1. The van der Waals surface area contributed by atoms with Gasteiger partial charge in [0.15, 0.2) is 5.82 Å². The van der Waals surface area contributed by atoms with E-state index < -0.39 is 53.8 Å². The second-order valence-electron chi connectivity index (χ2n) is 9.27. The lowest BCUT2D eigenvalue weighted by molar-refractivity contribution is -0.163. The Balaban J connectivity index is 1.49. The number of halogens is 6. The van der Waals surface area contributed by atoms with Gasteiger partial charge in [-0.1, -0.05) is 0 Å². The molecule has 0 spiro atoms. The molecular formula is C23H24F6N6O. The Hall–Kier alpha value is -3.27. The molecule has 1 aromatic carbocycles. The third-order valence-corrected chi connectivity index (χ3v) is 6.65. The first-order valence-corrected chi connectivity index (χ1v) is 11.4. The van der Waals surface area contributed by atoms with Gasteiger partial charge in [-0.05, 0) is 62.3 Å². The second-order valence-corrected chi connectivity index (χ2v) is 9.27. The molecule has 2 fully saturated rings. The van der Waals surface area contributed by atoms with Crippen molar-refractivity contribution in [3.8, 4) is 6.07 Å². The summed E-state index contributed by atoms with van der Waals surface area (Å²) in [4.78, 5) is 12.0. The molecule has 13 heteroatoms. The SMILES string of the molecule is N#C[C@H]1C[C@H](N[C@@H](C2CC2)C(F)(F)F)CC[C@@H]1n1cc(C(N)=O)c(Nc2ccc(C(F)(F)F)cc2)n1. The van der Waals surface area contributed by atoms with Gasteiger partial charge in [0.2, 0.25) is 0 Å². The first-order chi connectivity index (χ1) is 16.9. The largest absolute Gasteiger partial charge is 0.416 e. The number of nitrogens with one attached hydrogen (secondary N) is 2. The molecule has 0 radical (unpaired) electrons. The van der Waals surface area contributed by atoms with Gasteiger partial charge in [-0.25, -0.2) is 0 Å². The van der Waals surface area contributed by atoms with E-state index in [0.717, 1.165) is 12.1 Å². The number of amides is 1. The number of nitrogens with two attached hydrogens (primary N) is 1. The lowest BCUT2D eigenvalue weighted by atomic mass is 9.82. The molecule has 1 heterocycles. The summed E-state index contributed by atoms with van der Waals surface area (Å²) in [5.41, 5.74) is 4.81. The molecular weight excluding hydrogens is 490 g/mol. The molecule has 2 aromatic rings. The lowest BCUT2D eigenvalue weighted by Crippen LogP contribution is -2.50. The molecule has 0 bridgehead atoms.